The van der Waals surface area contributed by atoms with Gasteiger partial charge in [-0.1, -0.05) is 13.0 Å². The zero-order valence-corrected chi connectivity index (χ0v) is 10.9. The average molecular weight is 250 g/mol. The van der Waals surface area contributed by atoms with Crippen molar-refractivity contribution in [1.82, 2.24) is 14.7 Å². The molecule has 2 aromatic heterocycles. The lowest BCUT2D eigenvalue weighted by molar-refractivity contribution is 0.266. The van der Waals surface area contributed by atoms with E-state index in [4.69, 9.17) is 5.73 Å². The minimum absolute atomic E-state index is 0.589. The Bertz CT molecular complexity index is 435. The molecule has 92 valence electrons. The second-order valence-electron chi connectivity index (χ2n) is 3.95. The second kappa shape index (κ2) is 5.84. The van der Waals surface area contributed by atoms with Crippen molar-refractivity contribution in [3.05, 3.63) is 34.7 Å². The molecule has 2 rings (SSSR count). The Labute approximate surface area is 106 Å². The van der Waals surface area contributed by atoms with Crippen LogP contribution in [0.25, 0.3) is 0 Å². The molecule has 2 aromatic rings. The molecule has 5 heteroatoms. The van der Waals surface area contributed by atoms with Crippen LogP contribution in [0.2, 0.25) is 0 Å². The third-order valence-electron chi connectivity index (χ3n) is 2.71. The number of aromatic nitrogens is 2. The van der Waals surface area contributed by atoms with Gasteiger partial charge in [-0.05, 0) is 24.1 Å². The van der Waals surface area contributed by atoms with Crippen molar-refractivity contribution in [1.29, 1.82) is 0 Å². The number of nitrogens with two attached hydrogens (primary N) is 1. The van der Waals surface area contributed by atoms with Gasteiger partial charge >= 0.3 is 0 Å². The first kappa shape index (κ1) is 12.1. The number of nitrogens with zero attached hydrogens (tertiary/aromatic N) is 3. The summed E-state index contributed by atoms with van der Waals surface area (Å²) in [4.78, 5) is 3.82. The van der Waals surface area contributed by atoms with Gasteiger partial charge in [-0.2, -0.15) is 5.10 Å². The molecule has 17 heavy (non-hydrogen) atoms. The predicted molar refractivity (Wildman–Crippen MR) is 71.9 cm³/mol. The van der Waals surface area contributed by atoms with Gasteiger partial charge in [0.15, 0.2) is 0 Å². The summed E-state index contributed by atoms with van der Waals surface area (Å²) in [6.07, 6.45) is 1.92. The largest absolute Gasteiger partial charge is 0.382 e. The van der Waals surface area contributed by atoms with E-state index in [9.17, 15) is 0 Å². The SMILES string of the molecule is CCN(CCn1ccc(N)n1)Cc1cccs1. The fourth-order valence-electron chi connectivity index (χ4n) is 1.72. The Morgan fingerprint density at radius 2 is 2.35 bits per heavy atom. The molecule has 2 N–H and O–H groups in total. The molecule has 4 nitrogen and oxygen atoms in total. The molecule has 0 bridgehead atoms. The summed E-state index contributed by atoms with van der Waals surface area (Å²) in [5.74, 6) is 0.589. The second-order valence-corrected chi connectivity index (χ2v) is 4.98. The zero-order valence-electron chi connectivity index (χ0n) is 10.0. The molecule has 0 saturated carbocycles. The van der Waals surface area contributed by atoms with E-state index in [1.54, 1.807) is 0 Å². The average Bonchev–Trinajstić information content (AvgIpc) is 2.96. The van der Waals surface area contributed by atoms with Crippen LogP contribution in [-0.4, -0.2) is 27.8 Å². The van der Waals surface area contributed by atoms with Crippen molar-refractivity contribution in [3.8, 4) is 0 Å². The summed E-state index contributed by atoms with van der Waals surface area (Å²) in [5.41, 5.74) is 5.58. The molecule has 0 aliphatic heterocycles. The highest BCUT2D eigenvalue weighted by Crippen LogP contribution is 2.11. The van der Waals surface area contributed by atoms with Gasteiger partial charge in [-0.3, -0.25) is 9.58 Å². The van der Waals surface area contributed by atoms with Crippen LogP contribution >= 0.6 is 11.3 Å². The lowest BCUT2D eigenvalue weighted by Crippen LogP contribution is -2.26. The van der Waals surface area contributed by atoms with Crippen LogP contribution in [0.1, 0.15) is 11.8 Å². The quantitative estimate of drug-likeness (QED) is 0.853. The maximum Gasteiger partial charge on any atom is 0.145 e. The Morgan fingerprint density at radius 3 is 2.94 bits per heavy atom. The fourth-order valence-corrected chi connectivity index (χ4v) is 2.46. The summed E-state index contributed by atoms with van der Waals surface area (Å²) < 4.78 is 1.90. The maximum absolute atomic E-state index is 5.58. The van der Waals surface area contributed by atoms with Gasteiger partial charge in [0.2, 0.25) is 0 Å². The number of rotatable bonds is 6. The minimum Gasteiger partial charge on any atom is -0.382 e. The smallest absolute Gasteiger partial charge is 0.145 e. The molecule has 0 aliphatic carbocycles. The van der Waals surface area contributed by atoms with Crippen LogP contribution in [0, 0.1) is 0 Å². The van der Waals surface area contributed by atoms with E-state index < -0.39 is 0 Å². The molecule has 0 spiro atoms. The Kier molecular flexibility index (Phi) is 4.17. The van der Waals surface area contributed by atoms with Crippen molar-refractivity contribution < 1.29 is 0 Å². The fraction of sp³-hybridized carbons (Fsp3) is 0.417. The van der Waals surface area contributed by atoms with Crippen LogP contribution < -0.4 is 5.73 Å². The van der Waals surface area contributed by atoms with Crippen LogP contribution in [0.4, 0.5) is 5.82 Å². The molecule has 0 fully saturated rings. The highest BCUT2D eigenvalue weighted by Gasteiger charge is 2.05. The normalized spacial score (nSPS) is 11.2. The number of thiophene rings is 1. The van der Waals surface area contributed by atoms with E-state index in [1.165, 1.54) is 4.88 Å². The van der Waals surface area contributed by atoms with Crippen molar-refractivity contribution in [3.63, 3.8) is 0 Å². The number of nitrogen functional groups attached to an aromatic ring is 1. The van der Waals surface area contributed by atoms with Gasteiger partial charge < -0.3 is 5.73 Å². The third kappa shape index (κ3) is 3.57. The van der Waals surface area contributed by atoms with E-state index in [1.807, 2.05) is 28.3 Å². The van der Waals surface area contributed by atoms with Gasteiger partial charge in [0.1, 0.15) is 5.82 Å². The molecular weight excluding hydrogens is 232 g/mol. The third-order valence-corrected chi connectivity index (χ3v) is 3.57. The minimum atomic E-state index is 0.589. The first-order valence-corrected chi connectivity index (χ1v) is 6.69. The molecule has 0 aliphatic rings. The predicted octanol–water partition coefficient (Wildman–Crippen LogP) is 2.05. The van der Waals surface area contributed by atoms with Crippen LogP contribution in [0.5, 0.6) is 0 Å². The number of hydrogen-bond acceptors (Lipinski definition) is 4. The van der Waals surface area contributed by atoms with Gasteiger partial charge in [-0.25, -0.2) is 0 Å². The summed E-state index contributed by atoms with van der Waals surface area (Å²) in [6.45, 7) is 6.14. The van der Waals surface area contributed by atoms with Gasteiger partial charge in [0.05, 0.1) is 6.54 Å². The number of anilines is 1. The molecule has 0 unspecified atom stereocenters. The topological polar surface area (TPSA) is 47.1 Å². The van der Waals surface area contributed by atoms with Crippen molar-refractivity contribution in [2.75, 3.05) is 18.8 Å². The summed E-state index contributed by atoms with van der Waals surface area (Å²) in [6, 6.07) is 6.11. The van der Waals surface area contributed by atoms with Gasteiger partial charge in [-0.15, -0.1) is 11.3 Å². The molecule has 0 radical (unpaired) electrons. The van der Waals surface area contributed by atoms with Crippen molar-refractivity contribution >= 4 is 17.2 Å². The Balaban J connectivity index is 1.83. The van der Waals surface area contributed by atoms with Crippen molar-refractivity contribution in [2.24, 2.45) is 0 Å². The van der Waals surface area contributed by atoms with Crippen LogP contribution in [0.3, 0.4) is 0 Å². The van der Waals surface area contributed by atoms with E-state index >= 15 is 0 Å². The van der Waals surface area contributed by atoms with Crippen LogP contribution in [0.15, 0.2) is 29.8 Å². The molecule has 0 atom stereocenters. The van der Waals surface area contributed by atoms with E-state index in [0.29, 0.717) is 5.82 Å². The molecular formula is C12H18N4S. The van der Waals surface area contributed by atoms with E-state index in [-0.39, 0.29) is 0 Å². The monoisotopic (exact) mass is 250 g/mol. The van der Waals surface area contributed by atoms with Gasteiger partial charge in [0, 0.05) is 24.2 Å². The molecule has 0 amide bonds. The molecule has 2 heterocycles. The lowest BCUT2D eigenvalue weighted by atomic mass is 10.4. The summed E-state index contributed by atoms with van der Waals surface area (Å²) in [5, 5.41) is 6.31. The Morgan fingerprint density at radius 1 is 1.47 bits per heavy atom. The molecule has 0 saturated heterocycles. The van der Waals surface area contributed by atoms with E-state index in [2.05, 4.69) is 34.4 Å². The standard InChI is InChI=1S/C12H18N4S/c1-2-15(10-11-4-3-9-17-11)7-8-16-6-5-12(13)14-16/h3-6,9H,2,7-8,10H2,1H3,(H2,13,14). The highest BCUT2D eigenvalue weighted by atomic mass is 32.1. The van der Waals surface area contributed by atoms with Gasteiger partial charge in [0.25, 0.3) is 0 Å². The number of hydrogen-bond donors (Lipinski definition) is 1. The molecule has 0 aromatic carbocycles. The lowest BCUT2D eigenvalue weighted by Gasteiger charge is -2.19. The van der Waals surface area contributed by atoms with Crippen molar-refractivity contribution in [2.45, 2.75) is 20.0 Å². The summed E-state index contributed by atoms with van der Waals surface area (Å²) >= 11 is 1.81. The Hall–Kier alpha value is -1.33. The highest BCUT2D eigenvalue weighted by molar-refractivity contribution is 7.09. The zero-order chi connectivity index (χ0) is 12.1. The number of likely N-dealkylation sites (N-methyl/N-ethyl adjacent to an activating group) is 1. The van der Waals surface area contributed by atoms with E-state index in [0.717, 1.165) is 26.2 Å². The first-order valence-electron chi connectivity index (χ1n) is 5.81. The van der Waals surface area contributed by atoms with Crippen LogP contribution in [-0.2, 0) is 13.1 Å². The first-order chi connectivity index (χ1) is 8.28. The summed E-state index contributed by atoms with van der Waals surface area (Å²) in [7, 11) is 0. The maximum atomic E-state index is 5.58.